The smallest absolute Gasteiger partial charge is 0.261 e. The van der Waals surface area contributed by atoms with E-state index in [0.29, 0.717) is 37.1 Å². The standard InChI is InChI=1S/C14H18N2O3/c1-15-9-10(17)5-4-8-16-13(18)11-6-2-3-7-12(11)14(16)19/h2-3,6-7,10,15,17H,4-5,8-9H2,1H3. The van der Waals surface area contributed by atoms with Crippen LogP contribution in [-0.2, 0) is 0 Å². The van der Waals surface area contributed by atoms with Crippen molar-refractivity contribution in [3.05, 3.63) is 35.4 Å². The van der Waals surface area contributed by atoms with Gasteiger partial charge in [0.2, 0.25) is 0 Å². The summed E-state index contributed by atoms with van der Waals surface area (Å²) >= 11 is 0. The fourth-order valence-corrected chi connectivity index (χ4v) is 2.26. The summed E-state index contributed by atoms with van der Waals surface area (Å²) in [5.41, 5.74) is 0.951. The number of nitrogens with one attached hydrogen (secondary N) is 1. The molecule has 1 heterocycles. The van der Waals surface area contributed by atoms with Crippen molar-refractivity contribution in [3.63, 3.8) is 0 Å². The maximum absolute atomic E-state index is 12.0. The molecule has 0 saturated heterocycles. The summed E-state index contributed by atoms with van der Waals surface area (Å²) in [4.78, 5) is 25.3. The van der Waals surface area contributed by atoms with Gasteiger partial charge in [-0.2, -0.15) is 0 Å². The van der Waals surface area contributed by atoms with Gasteiger partial charge < -0.3 is 10.4 Å². The van der Waals surface area contributed by atoms with Crippen molar-refractivity contribution in [1.82, 2.24) is 10.2 Å². The first kappa shape index (κ1) is 13.7. The van der Waals surface area contributed by atoms with E-state index in [2.05, 4.69) is 5.32 Å². The number of carbonyl (C=O) groups is 2. The van der Waals surface area contributed by atoms with Crippen LogP contribution in [0.2, 0.25) is 0 Å². The minimum absolute atomic E-state index is 0.233. The molecule has 5 heteroatoms. The van der Waals surface area contributed by atoms with Crippen LogP contribution < -0.4 is 5.32 Å². The molecule has 19 heavy (non-hydrogen) atoms. The molecule has 0 aliphatic carbocycles. The lowest BCUT2D eigenvalue weighted by Gasteiger charge is -2.15. The number of rotatable bonds is 6. The van der Waals surface area contributed by atoms with Crippen LogP contribution in [0, 0.1) is 0 Å². The Kier molecular flexibility index (Phi) is 4.29. The molecule has 0 aromatic heterocycles. The zero-order valence-electron chi connectivity index (χ0n) is 10.9. The fraction of sp³-hybridized carbons (Fsp3) is 0.429. The van der Waals surface area contributed by atoms with E-state index in [1.54, 1.807) is 31.3 Å². The zero-order chi connectivity index (χ0) is 13.8. The number of likely N-dealkylation sites (N-methyl/N-ethyl adjacent to an activating group) is 1. The first-order valence-electron chi connectivity index (χ1n) is 6.43. The number of fused-ring (bicyclic) bond motifs is 1. The molecule has 1 aromatic carbocycles. The number of carbonyl (C=O) groups excluding carboxylic acids is 2. The van der Waals surface area contributed by atoms with E-state index in [1.807, 2.05) is 0 Å². The predicted octanol–water partition coefficient (Wildman–Crippen LogP) is 0.643. The minimum Gasteiger partial charge on any atom is -0.392 e. The largest absolute Gasteiger partial charge is 0.392 e. The molecule has 1 aliphatic heterocycles. The molecule has 1 aromatic rings. The summed E-state index contributed by atoms with van der Waals surface area (Å²) in [5, 5.41) is 12.5. The zero-order valence-corrected chi connectivity index (χ0v) is 10.9. The predicted molar refractivity (Wildman–Crippen MR) is 71.0 cm³/mol. The number of nitrogens with zero attached hydrogens (tertiary/aromatic N) is 1. The van der Waals surface area contributed by atoms with Crippen LogP contribution in [0.4, 0.5) is 0 Å². The molecule has 2 N–H and O–H groups in total. The van der Waals surface area contributed by atoms with E-state index in [9.17, 15) is 14.7 Å². The molecule has 0 radical (unpaired) electrons. The molecule has 2 rings (SSSR count). The average Bonchev–Trinajstić information content (AvgIpc) is 2.65. The van der Waals surface area contributed by atoms with Gasteiger partial charge in [-0.3, -0.25) is 14.5 Å². The molecule has 2 amide bonds. The van der Waals surface area contributed by atoms with Gasteiger partial charge in [-0.1, -0.05) is 12.1 Å². The van der Waals surface area contributed by atoms with Gasteiger partial charge in [0.25, 0.3) is 11.8 Å². The molecule has 0 spiro atoms. The van der Waals surface area contributed by atoms with Gasteiger partial charge in [0, 0.05) is 13.1 Å². The van der Waals surface area contributed by atoms with E-state index in [4.69, 9.17) is 0 Å². The van der Waals surface area contributed by atoms with Gasteiger partial charge in [-0.05, 0) is 32.0 Å². The van der Waals surface area contributed by atoms with Crippen molar-refractivity contribution in [3.8, 4) is 0 Å². The van der Waals surface area contributed by atoms with E-state index >= 15 is 0 Å². The van der Waals surface area contributed by atoms with Crippen LogP contribution in [0.3, 0.4) is 0 Å². The molecule has 1 aliphatic rings. The van der Waals surface area contributed by atoms with Crippen LogP contribution in [-0.4, -0.2) is 48.1 Å². The molecular weight excluding hydrogens is 244 g/mol. The highest BCUT2D eigenvalue weighted by molar-refractivity contribution is 6.21. The summed E-state index contributed by atoms with van der Waals surface area (Å²) in [6, 6.07) is 6.85. The maximum atomic E-state index is 12.0. The number of benzene rings is 1. The Morgan fingerprint density at radius 1 is 1.21 bits per heavy atom. The SMILES string of the molecule is CNCC(O)CCCN1C(=O)c2ccccc2C1=O. The minimum atomic E-state index is -0.444. The van der Waals surface area contributed by atoms with E-state index in [1.165, 1.54) is 4.90 Å². The number of amides is 2. The van der Waals surface area contributed by atoms with Crippen molar-refractivity contribution in [2.45, 2.75) is 18.9 Å². The highest BCUT2D eigenvalue weighted by atomic mass is 16.3. The number of hydrogen-bond donors (Lipinski definition) is 2. The Labute approximate surface area is 112 Å². The Hall–Kier alpha value is -1.72. The lowest BCUT2D eigenvalue weighted by atomic mass is 10.1. The lowest BCUT2D eigenvalue weighted by molar-refractivity contribution is 0.0641. The molecule has 5 nitrogen and oxygen atoms in total. The van der Waals surface area contributed by atoms with Crippen LogP contribution in [0.1, 0.15) is 33.6 Å². The van der Waals surface area contributed by atoms with Crippen molar-refractivity contribution in [2.75, 3.05) is 20.1 Å². The first-order valence-corrected chi connectivity index (χ1v) is 6.43. The number of imide groups is 1. The third-order valence-corrected chi connectivity index (χ3v) is 3.24. The average molecular weight is 262 g/mol. The summed E-state index contributed by atoms with van der Waals surface area (Å²) in [6.45, 7) is 0.870. The molecule has 1 atom stereocenters. The summed E-state index contributed by atoms with van der Waals surface area (Å²) in [5.74, 6) is -0.465. The normalized spacial score (nSPS) is 15.8. The number of hydrogen-bond acceptors (Lipinski definition) is 4. The Bertz CT molecular complexity index is 452. The van der Waals surface area contributed by atoms with E-state index in [-0.39, 0.29) is 11.8 Å². The van der Waals surface area contributed by atoms with Gasteiger partial charge in [0.1, 0.15) is 0 Å². The Morgan fingerprint density at radius 3 is 2.32 bits per heavy atom. The Morgan fingerprint density at radius 2 is 1.79 bits per heavy atom. The molecule has 0 saturated carbocycles. The Balaban J connectivity index is 1.93. The quantitative estimate of drug-likeness (QED) is 0.738. The highest BCUT2D eigenvalue weighted by Gasteiger charge is 2.34. The van der Waals surface area contributed by atoms with Gasteiger partial charge in [-0.25, -0.2) is 0 Å². The van der Waals surface area contributed by atoms with Gasteiger partial charge in [-0.15, -0.1) is 0 Å². The van der Waals surface area contributed by atoms with Crippen molar-refractivity contribution in [1.29, 1.82) is 0 Å². The lowest BCUT2D eigenvalue weighted by Crippen LogP contribution is -2.32. The van der Waals surface area contributed by atoms with Crippen LogP contribution >= 0.6 is 0 Å². The monoisotopic (exact) mass is 262 g/mol. The molecule has 102 valence electrons. The summed E-state index contributed by atoms with van der Waals surface area (Å²) < 4.78 is 0. The van der Waals surface area contributed by atoms with Crippen LogP contribution in [0.25, 0.3) is 0 Å². The van der Waals surface area contributed by atoms with Crippen LogP contribution in [0.5, 0.6) is 0 Å². The third kappa shape index (κ3) is 2.83. The number of aliphatic hydroxyl groups excluding tert-OH is 1. The second kappa shape index (κ2) is 5.95. The van der Waals surface area contributed by atoms with Crippen molar-refractivity contribution < 1.29 is 14.7 Å². The number of aliphatic hydroxyl groups is 1. The molecule has 1 unspecified atom stereocenters. The second-order valence-corrected chi connectivity index (χ2v) is 4.66. The molecular formula is C14H18N2O3. The topological polar surface area (TPSA) is 69.6 Å². The molecule has 0 fully saturated rings. The summed E-state index contributed by atoms with van der Waals surface area (Å²) in [6.07, 6.45) is 0.725. The van der Waals surface area contributed by atoms with Gasteiger partial charge >= 0.3 is 0 Å². The van der Waals surface area contributed by atoms with Crippen molar-refractivity contribution in [2.24, 2.45) is 0 Å². The highest BCUT2D eigenvalue weighted by Crippen LogP contribution is 2.22. The van der Waals surface area contributed by atoms with Crippen LogP contribution in [0.15, 0.2) is 24.3 Å². The van der Waals surface area contributed by atoms with Gasteiger partial charge in [0.05, 0.1) is 17.2 Å². The first-order chi connectivity index (χ1) is 9.15. The fourth-order valence-electron chi connectivity index (χ4n) is 2.26. The van der Waals surface area contributed by atoms with Gasteiger partial charge in [0.15, 0.2) is 0 Å². The molecule has 0 bridgehead atoms. The van der Waals surface area contributed by atoms with E-state index < -0.39 is 6.10 Å². The summed E-state index contributed by atoms with van der Waals surface area (Å²) in [7, 11) is 1.77. The third-order valence-electron chi connectivity index (χ3n) is 3.24. The van der Waals surface area contributed by atoms with Crippen molar-refractivity contribution >= 4 is 11.8 Å². The second-order valence-electron chi connectivity index (χ2n) is 4.66. The maximum Gasteiger partial charge on any atom is 0.261 e. The van der Waals surface area contributed by atoms with E-state index in [0.717, 1.165) is 0 Å².